The zero-order valence-corrected chi connectivity index (χ0v) is 8.79. The fraction of sp³-hybridized carbons (Fsp3) is 0.333. The predicted octanol–water partition coefficient (Wildman–Crippen LogP) is 1.11. The highest BCUT2D eigenvalue weighted by Gasteiger charge is 1.99. The summed E-state index contributed by atoms with van der Waals surface area (Å²) in [4.78, 5) is 5.25. The van der Waals surface area contributed by atoms with Crippen LogP contribution >= 0.6 is 11.3 Å². The highest BCUT2D eigenvalue weighted by Crippen LogP contribution is 2.08. The van der Waals surface area contributed by atoms with Gasteiger partial charge < -0.3 is 5.32 Å². The van der Waals surface area contributed by atoms with Crippen molar-refractivity contribution < 1.29 is 0 Å². The maximum Gasteiger partial charge on any atom is 0.0794 e. The first-order valence-electron chi connectivity index (χ1n) is 4.42. The molecule has 0 aliphatic heterocycles. The van der Waals surface area contributed by atoms with Crippen LogP contribution in [0.3, 0.4) is 0 Å². The normalized spacial score (nSPS) is 10.6. The minimum atomic E-state index is 0.814. The van der Waals surface area contributed by atoms with E-state index in [1.165, 1.54) is 10.4 Å². The molecule has 0 atom stereocenters. The maximum absolute atomic E-state index is 4.27. The zero-order chi connectivity index (χ0) is 9.80. The summed E-state index contributed by atoms with van der Waals surface area (Å²) in [6.45, 7) is 1.68. The summed E-state index contributed by atoms with van der Waals surface area (Å²) < 4.78 is 1.93. The summed E-state index contributed by atoms with van der Waals surface area (Å²) >= 11 is 1.65. The number of hydrogen-bond acceptors (Lipinski definition) is 4. The van der Waals surface area contributed by atoms with Gasteiger partial charge in [-0.3, -0.25) is 9.67 Å². The molecule has 0 aliphatic rings. The van der Waals surface area contributed by atoms with E-state index in [1.54, 1.807) is 11.3 Å². The van der Waals surface area contributed by atoms with E-state index in [-0.39, 0.29) is 0 Å². The van der Waals surface area contributed by atoms with Crippen LogP contribution in [-0.4, -0.2) is 21.8 Å². The minimum absolute atomic E-state index is 0.814. The summed E-state index contributed by atoms with van der Waals surface area (Å²) in [5, 5.41) is 7.36. The maximum atomic E-state index is 4.27. The van der Waals surface area contributed by atoms with Crippen molar-refractivity contribution in [2.45, 2.75) is 13.1 Å². The van der Waals surface area contributed by atoms with E-state index in [2.05, 4.69) is 21.6 Å². The number of aromatic nitrogens is 3. The van der Waals surface area contributed by atoms with Gasteiger partial charge in [-0.1, -0.05) is 0 Å². The molecule has 2 aromatic heterocycles. The number of hydrogen-bond donors (Lipinski definition) is 1. The summed E-state index contributed by atoms with van der Waals surface area (Å²) in [6.07, 6.45) is 5.82. The Morgan fingerprint density at radius 2 is 2.43 bits per heavy atom. The first kappa shape index (κ1) is 9.36. The third kappa shape index (κ3) is 2.18. The molecule has 0 fully saturated rings. The number of nitrogens with zero attached hydrogens (tertiary/aromatic N) is 3. The lowest BCUT2D eigenvalue weighted by Gasteiger charge is -1.96. The highest BCUT2D eigenvalue weighted by atomic mass is 32.1. The molecule has 0 amide bonds. The highest BCUT2D eigenvalue weighted by molar-refractivity contribution is 7.09. The Bertz CT molecular complexity index is 379. The second kappa shape index (κ2) is 4.34. The molecule has 0 saturated heterocycles. The van der Waals surface area contributed by atoms with Crippen LogP contribution in [0.2, 0.25) is 0 Å². The van der Waals surface area contributed by atoms with Crippen LogP contribution in [0.1, 0.15) is 10.4 Å². The quantitative estimate of drug-likeness (QED) is 0.818. The topological polar surface area (TPSA) is 42.7 Å². The third-order valence-corrected chi connectivity index (χ3v) is 2.63. The molecule has 0 aliphatic carbocycles. The van der Waals surface area contributed by atoms with Gasteiger partial charge in [0.2, 0.25) is 0 Å². The molecule has 5 heteroatoms. The second-order valence-electron chi connectivity index (χ2n) is 3.04. The van der Waals surface area contributed by atoms with Crippen molar-refractivity contribution in [2.75, 3.05) is 7.05 Å². The Morgan fingerprint density at radius 1 is 1.50 bits per heavy atom. The third-order valence-electron chi connectivity index (χ3n) is 1.87. The van der Waals surface area contributed by atoms with E-state index < -0.39 is 0 Å². The van der Waals surface area contributed by atoms with Gasteiger partial charge in [0.25, 0.3) is 0 Å². The van der Waals surface area contributed by atoms with Crippen LogP contribution in [-0.2, 0) is 13.1 Å². The Kier molecular flexibility index (Phi) is 2.90. The van der Waals surface area contributed by atoms with Crippen molar-refractivity contribution >= 4 is 11.3 Å². The van der Waals surface area contributed by atoms with E-state index in [4.69, 9.17) is 0 Å². The fourth-order valence-corrected chi connectivity index (χ4v) is 1.85. The molecular formula is C9H12N4S. The summed E-state index contributed by atoms with van der Waals surface area (Å²) in [7, 11) is 1.93. The number of nitrogens with one attached hydrogen (secondary N) is 1. The molecule has 74 valence electrons. The average molecular weight is 208 g/mol. The first-order chi connectivity index (χ1) is 6.88. The molecular weight excluding hydrogens is 196 g/mol. The van der Waals surface area contributed by atoms with Gasteiger partial charge in [-0.25, -0.2) is 0 Å². The van der Waals surface area contributed by atoms with Gasteiger partial charge in [0.1, 0.15) is 0 Å². The molecule has 1 N–H and O–H groups in total. The molecule has 14 heavy (non-hydrogen) atoms. The van der Waals surface area contributed by atoms with E-state index in [1.807, 2.05) is 29.6 Å². The van der Waals surface area contributed by atoms with Crippen molar-refractivity contribution in [2.24, 2.45) is 0 Å². The van der Waals surface area contributed by atoms with Crippen molar-refractivity contribution in [3.63, 3.8) is 0 Å². The first-order valence-corrected chi connectivity index (χ1v) is 5.30. The number of thiazole rings is 1. The summed E-state index contributed by atoms with van der Waals surface area (Å²) in [5.41, 5.74) is 3.05. The smallest absolute Gasteiger partial charge is 0.0794 e. The Morgan fingerprint density at radius 3 is 3.14 bits per heavy atom. The molecule has 4 nitrogen and oxygen atoms in total. The SMILES string of the molecule is CNCc1cnn(Cc2cncs2)c1. The molecule has 0 saturated carbocycles. The molecule has 0 bridgehead atoms. The van der Waals surface area contributed by atoms with Gasteiger partial charge in [0.15, 0.2) is 0 Å². The van der Waals surface area contributed by atoms with Gasteiger partial charge in [-0.2, -0.15) is 5.10 Å². The standard InChI is InChI=1S/C9H12N4S/c1-10-2-8-3-12-13(5-8)6-9-4-11-7-14-9/h3-5,7,10H,2,6H2,1H3. The lowest BCUT2D eigenvalue weighted by Crippen LogP contribution is -2.04. The van der Waals surface area contributed by atoms with Gasteiger partial charge in [0.05, 0.1) is 18.3 Å². The summed E-state index contributed by atoms with van der Waals surface area (Å²) in [6, 6.07) is 0. The molecule has 0 radical (unpaired) electrons. The zero-order valence-electron chi connectivity index (χ0n) is 7.97. The van der Waals surface area contributed by atoms with Crippen molar-refractivity contribution in [1.82, 2.24) is 20.1 Å². The van der Waals surface area contributed by atoms with E-state index in [9.17, 15) is 0 Å². The molecule has 2 rings (SSSR count). The van der Waals surface area contributed by atoms with Crippen molar-refractivity contribution in [3.05, 3.63) is 34.5 Å². The van der Waals surface area contributed by atoms with E-state index >= 15 is 0 Å². The molecule has 2 aromatic rings. The van der Waals surface area contributed by atoms with Gasteiger partial charge in [-0.05, 0) is 7.05 Å². The van der Waals surface area contributed by atoms with Crippen molar-refractivity contribution in [3.8, 4) is 0 Å². The predicted molar refractivity (Wildman–Crippen MR) is 56.2 cm³/mol. The van der Waals surface area contributed by atoms with E-state index in [0.29, 0.717) is 0 Å². The van der Waals surface area contributed by atoms with Crippen LogP contribution in [0.4, 0.5) is 0 Å². The fourth-order valence-electron chi connectivity index (χ4n) is 1.27. The second-order valence-corrected chi connectivity index (χ2v) is 4.02. The largest absolute Gasteiger partial charge is 0.316 e. The summed E-state index contributed by atoms with van der Waals surface area (Å²) in [5.74, 6) is 0. The Balaban J connectivity index is 2.03. The Hall–Kier alpha value is -1.20. The van der Waals surface area contributed by atoms with Gasteiger partial charge >= 0.3 is 0 Å². The van der Waals surface area contributed by atoms with Crippen LogP contribution in [0.25, 0.3) is 0 Å². The Labute approximate surface area is 86.6 Å². The van der Waals surface area contributed by atoms with Crippen molar-refractivity contribution in [1.29, 1.82) is 0 Å². The van der Waals surface area contributed by atoms with Crippen LogP contribution < -0.4 is 5.32 Å². The number of rotatable bonds is 4. The van der Waals surface area contributed by atoms with Crippen LogP contribution in [0, 0.1) is 0 Å². The minimum Gasteiger partial charge on any atom is -0.316 e. The lowest BCUT2D eigenvalue weighted by atomic mass is 10.4. The molecule has 0 aromatic carbocycles. The average Bonchev–Trinajstić information content (AvgIpc) is 2.79. The van der Waals surface area contributed by atoms with Crippen LogP contribution in [0.15, 0.2) is 24.1 Å². The van der Waals surface area contributed by atoms with Crippen LogP contribution in [0.5, 0.6) is 0 Å². The molecule has 0 unspecified atom stereocenters. The van der Waals surface area contributed by atoms with Gasteiger partial charge in [0, 0.05) is 29.4 Å². The van der Waals surface area contributed by atoms with Gasteiger partial charge in [-0.15, -0.1) is 11.3 Å². The molecule has 2 heterocycles. The van der Waals surface area contributed by atoms with E-state index in [0.717, 1.165) is 13.1 Å². The lowest BCUT2D eigenvalue weighted by molar-refractivity contribution is 0.692. The monoisotopic (exact) mass is 208 g/mol. The molecule has 0 spiro atoms.